The number of anilines is 1. The van der Waals surface area contributed by atoms with Crippen molar-refractivity contribution in [2.45, 2.75) is 13.0 Å². The van der Waals surface area contributed by atoms with Crippen LogP contribution in [0.15, 0.2) is 42.5 Å². The minimum atomic E-state index is -0.940. The van der Waals surface area contributed by atoms with Crippen LogP contribution >= 0.6 is 0 Å². The molecule has 8 nitrogen and oxygen atoms in total. The third-order valence-corrected chi connectivity index (χ3v) is 3.96. The SMILES string of the molecule is COc1cc(C(=O)O[C@H](C)C(=O)N(C)C)ccc1OCC(=O)Nc1ccc(F)cc1. The maximum Gasteiger partial charge on any atom is 0.339 e. The molecule has 0 aliphatic carbocycles. The summed E-state index contributed by atoms with van der Waals surface area (Å²) >= 11 is 0. The highest BCUT2D eigenvalue weighted by Gasteiger charge is 2.21. The van der Waals surface area contributed by atoms with Gasteiger partial charge in [0.2, 0.25) is 0 Å². The average Bonchev–Trinajstić information content (AvgIpc) is 2.72. The zero-order chi connectivity index (χ0) is 22.3. The first kappa shape index (κ1) is 22.7. The average molecular weight is 418 g/mol. The number of benzene rings is 2. The topological polar surface area (TPSA) is 94.2 Å². The van der Waals surface area contributed by atoms with Crippen LogP contribution in [0.3, 0.4) is 0 Å². The van der Waals surface area contributed by atoms with Gasteiger partial charge in [0.15, 0.2) is 24.2 Å². The zero-order valence-corrected chi connectivity index (χ0v) is 17.1. The molecule has 0 saturated heterocycles. The molecule has 0 spiro atoms. The Morgan fingerprint density at radius 2 is 1.73 bits per heavy atom. The number of ether oxygens (including phenoxy) is 3. The maximum absolute atomic E-state index is 12.9. The third kappa shape index (κ3) is 6.20. The van der Waals surface area contributed by atoms with E-state index in [1.807, 2.05) is 0 Å². The van der Waals surface area contributed by atoms with Crippen LogP contribution in [0.5, 0.6) is 11.5 Å². The van der Waals surface area contributed by atoms with E-state index in [0.717, 1.165) is 0 Å². The fourth-order valence-corrected chi connectivity index (χ4v) is 2.43. The number of esters is 1. The van der Waals surface area contributed by atoms with Crippen molar-refractivity contribution in [1.29, 1.82) is 0 Å². The van der Waals surface area contributed by atoms with E-state index in [-0.39, 0.29) is 29.6 Å². The number of likely N-dealkylation sites (N-methyl/N-ethyl adjacent to an activating group) is 1. The van der Waals surface area contributed by atoms with Crippen molar-refractivity contribution in [3.8, 4) is 11.5 Å². The van der Waals surface area contributed by atoms with Gasteiger partial charge < -0.3 is 24.4 Å². The molecule has 30 heavy (non-hydrogen) atoms. The van der Waals surface area contributed by atoms with Gasteiger partial charge >= 0.3 is 5.97 Å². The summed E-state index contributed by atoms with van der Waals surface area (Å²) in [6, 6.07) is 9.59. The van der Waals surface area contributed by atoms with E-state index in [1.54, 1.807) is 14.1 Å². The monoisotopic (exact) mass is 418 g/mol. The molecular weight excluding hydrogens is 395 g/mol. The van der Waals surface area contributed by atoms with Crippen LogP contribution in [0.25, 0.3) is 0 Å². The molecule has 0 heterocycles. The minimum absolute atomic E-state index is 0.161. The van der Waals surface area contributed by atoms with Crippen LogP contribution in [0.1, 0.15) is 17.3 Å². The highest BCUT2D eigenvalue weighted by Crippen LogP contribution is 2.28. The summed E-state index contributed by atoms with van der Waals surface area (Å²) in [5.41, 5.74) is 0.588. The smallest absolute Gasteiger partial charge is 0.339 e. The Kier molecular flexibility index (Phi) is 7.74. The van der Waals surface area contributed by atoms with Gasteiger partial charge in [-0.05, 0) is 49.4 Å². The second-order valence-electron chi connectivity index (χ2n) is 6.49. The molecule has 2 aromatic carbocycles. The molecule has 2 amide bonds. The number of hydrogen-bond acceptors (Lipinski definition) is 6. The molecule has 0 radical (unpaired) electrons. The van der Waals surface area contributed by atoms with Gasteiger partial charge in [-0.15, -0.1) is 0 Å². The zero-order valence-electron chi connectivity index (χ0n) is 17.1. The Bertz CT molecular complexity index is 914. The molecule has 0 fully saturated rings. The molecule has 0 bridgehead atoms. The summed E-state index contributed by atoms with van der Waals surface area (Å²) in [5, 5.41) is 2.57. The predicted octanol–water partition coefficient (Wildman–Crippen LogP) is 2.49. The van der Waals surface area contributed by atoms with E-state index in [0.29, 0.717) is 5.69 Å². The summed E-state index contributed by atoms with van der Waals surface area (Å²) < 4.78 is 28.7. The maximum atomic E-state index is 12.9. The van der Waals surface area contributed by atoms with Crippen molar-refractivity contribution in [3.63, 3.8) is 0 Å². The molecule has 1 atom stereocenters. The lowest BCUT2D eigenvalue weighted by atomic mass is 10.2. The largest absolute Gasteiger partial charge is 0.493 e. The minimum Gasteiger partial charge on any atom is -0.493 e. The number of halogens is 1. The molecule has 9 heteroatoms. The lowest BCUT2D eigenvalue weighted by molar-refractivity contribution is -0.137. The van der Waals surface area contributed by atoms with Crippen LogP contribution < -0.4 is 14.8 Å². The van der Waals surface area contributed by atoms with E-state index in [2.05, 4.69) is 5.32 Å². The Balaban J connectivity index is 1.99. The molecule has 1 N–H and O–H groups in total. The van der Waals surface area contributed by atoms with Crippen LogP contribution in [-0.4, -0.2) is 56.6 Å². The third-order valence-electron chi connectivity index (χ3n) is 3.96. The lowest BCUT2D eigenvalue weighted by Gasteiger charge is -2.17. The van der Waals surface area contributed by atoms with Crippen LogP contribution in [-0.2, 0) is 14.3 Å². The summed E-state index contributed by atoms with van der Waals surface area (Å²) in [6.07, 6.45) is -0.940. The van der Waals surface area contributed by atoms with E-state index in [4.69, 9.17) is 14.2 Å². The Hall–Kier alpha value is -3.62. The number of nitrogens with zero attached hydrogens (tertiary/aromatic N) is 1. The van der Waals surface area contributed by atoms with Gasteiger partial charge in [-0.25, -0.2) is 9.18 Å². The van der Waals surface area contributed by atoms with Crippen molar-refractivity contribution in [3.05, 3.63) is 53.8 Å². The van der Waals surface area contributed by atoms with E-state index >= 15 is 0 Å². The van der Waals surface area contributed by atoms with Gasteiger partial charge in [0, 0.05) is 19.8 Å². The first-order valence-corrected chi connectivity index (χ1v) is 8.99. The number of rotatable bonds is 8. The number of carbonyl (C=O) groups excluding carboxylic acids is 3. The number of amides is 2. The quantitative estimate of drug-likeness (QED) is 0.662. The highest BCUT2D eigenvalue weighted by molar-refractivity contribution is 5.93. The summed E-state index contributed by atoms with van der Waals surface area (Å²) in [6.45, 7) is 1.15. The highest BCUT2D eigenvalue weighted by atomic mass is 19.1. The molecule has 0 unspecified atom stereocenters. The Morgan fingerprint density at radius 1 is 1.07 bits per heavy atom. The van der Waals surface area contributed by atoms with Crippen molar-refractivity contribution in [2.24, 2.45) is 0 Å². The van der Waals surface area contributed by atoms with Crippen molar-refractivity contribution >= 4 is 23.5 Å². The van der Waals surface area contributed by atoms with E-state index < -0.39 is 23.8 Å². The van der Waals surface area contributed by atoms with Crippen LogP contribution in [0.4, 0.5) is 10.1 Å². The molecule has 2 aromatic rings. The van der Waals surface area contributed by atoms with Crippen LogP contribution in [0.2, 0.25) is 0 Å². The molecule has 160 valence electrons. The van der Waals surface area contributed by atoms with E-state index in [1.165, 1.54) is 61.4 Å². The van der Waals surface area contributed by atoms with Gasteiger partial charge in [-0.1, -0.05) is 0 Å². The Morgan fingerprint density at radius 3 is 2.33 bits per heavy atom. The van der Waals surface area contributed by atoms with Crippen molar-refractivity contribution in [2.75, 3.05) is 33.1 Å². The number of methoxy groups -OCH3 is 1. The molecule has 0 saturated carbocycles. The summed E-state index contributed by atoms with van der Waals surface area (Å²) in [5.74, 6) is -1.46. The lowest BCUT2D eigenvalue weighted by Crippen LogP contribution is -2.34. The molecule has 2 rings (SSSR count). The normalized spacial score (nSPS) is 11.2. The first-order chi connectivity index (χ1) is 14.2. The van der Waals surface area contributed by atoms with Gasteiger partial charge in [0.25, 0.3) is 11.8 Å². The summed E-state index contributed by atoms with van der Waals surface area (Å²) in [4.78, 5) is 37.4. The number of nitrogens with one attached hydrogen (secondary N) is 1. The molecule has 0 aliphatic rings. The number of carbonyl (C=O) groups is 3. The first-order valence-electron chi connectivity index (χ1n) is 8.99. The fraction of sp³-hybridized carbons (Fsp3) is 0.286. The van der Waals surface area contributed by atoms with Gasteiger partial charge in [0.1, 0.15) is 5.82 Å². The van der Waals surface area contributed by atoms with Gasteiger partial charge in [-0.3, -0.25) is 9.59 Å². The van der Waals surface area contributed by atoms with Crippen LogP contribution in [0, 0.1) is 5.82 Å². The predicted molar refractivity (Wildman–Crippen MR) is 107 cm³/mol. The van der Waals surface area contributed by atoms with Crippen molar-refractivity contribution in [1.82, 2.24) is 4.90 Å². The second kappa shape index (κ2) is 10.2. The van der Waals surface area contributed by atoms with E-state index in [9.17, 15) is 18.8 Å². The number of hydrogen-bond donors (Lipinski definition) is 1. The Labute approximate surface area is 173 Å². The second-order valence-corrected chi connectivity index (χ2v) is 6.49. The molecule has 0 aliphatic heterocycles. The molecular formula is C21H23FN2O6. The van der Waals surface area contributed by atoms with Crippen molar-refractivity contribution < 1.29 is 33.0 Å². The fourth-order valence-electron chi connectivity index (χ4n) is 2.43. The standard InChI is InChI=1S/C21H23FN2O6/c1-13(20(26)24(2)3)30-21(27)14-5-10-17(18(11-14)28-4)29-12-19(25)23-16-8-6-15(22)7-9-16/h5-11,13H,12H2,1-4H3,(H,23,25)/t13-/m1/s1. The van der Waals surface area contributed by atoms with Gasteiger partial charge in [0.05, 0.1) is 12.7 Å². The molecule has 0 aromatic heterocycles. The van der Waals surface area contributed by atoms with Gasteiger partial charge in [-0.2, -0.15) is 0 Å². The summed E-state index contributed by atoms with van der Waals surface area (Å²) in [7, 11) is 4.51.